The highest BCUT2D eigenvalue weighted by Crippen LogP contribution is 2.35. The zero-order valence-electron chi connectivity index (χ0n) is 11.2. The van der Waals surface area contributed by atoms with Crippen molar-refractivity contribution >= 4 is 0 Å². The second kappa shape index (κ2) is 5.01. The third kappa shape index (κ3) is 2.33. The summed E-state index contributed by atoms with van der Waals surface area (Å²) in [5.74, 6) is 2.35. The van der Waals surface area contributed by atoms with E-state index in [1.807, 2.05) is 23.7 Å². The average Bonchev–Trinajstić information content (AvgIpc) is 3.02. The standard InChI is InChI=1S/C14H18N4O/c1-10(15-7-14-17-16-9-18(14)2)12-8-19-13-6-4-3-5-11(12)13/h3-6,9-10,12,15H,7-8H2,1-2H3. The maximum Gasteiger partial charge on any atom is 0.146 e. The molecule has 0 spiro atoms. The van der Waals surface area contributed by atoms with Crippen molar-refractivity contribution in [2.75, 3.05) is 6.61 Å². The van der Waals surface area contributed by atoms with Crippen molar-refractivity contribution in [1.82, 2.24) is 20.1 Å². The number of benzene rings is 1. The Morgan fingerprint density at radius 1 is 1.47 bits per heavy atom. The van der Waals surface area contributed by atoms with Gasteiger partial charge in [-0.25, -0.2) is 0 Å². The van der Waals surface area contributed by atoms with Crippen LogP contribution in [0.1, 0.15) is 24.2 Å². The van der Waals surface area contributed by atoms with Crippen molar-refractivity contribution in [3.8, 4) is 5.75 Å². The molecule has 0 aliphatic carbocycles. The number of ether oxygens (including phenoxy) is 1. The molecule has 1 aromatic heterocycles. The highest BCUT2D eigenvalue weighted by Gasteiger charge is 2.28. The third-order valence-electron chi connectivity index (χ3n) is 3.73. The summed E-state index contributed by atoms with van der Waals surface area (Å²) in [6.45, 7) is 3.65. The van der Waals surface area contributed by atoms with Crippen LogP contribution in [0.2, 0.25) is 0 Å². The molecular weight excluding hydrogens is 240 g/mol. The van der Waals surface area contributed by atoms with Gasteiger partial charge in [0.2, 0.25) is 0 Å². The number of aromatic nitrogens is 3. The lowest BCUT2D eigenvalue weighted by molar-refractivity contribution is 0.302. The minimum atomic E-state index is 0.334. The molecule has 2 heterocycles. The van der Waals surface area contributed by atoms with Gasteiger partial charge < -0.3 is 14.6 Å². The van der Waals surface area contributed by atoms with Crippen LogP contribution >= 0.6 is 0 Å². The van der Waals surface area contributed by atoms with E-state index in [9.17, 15) is 0 Å². The van der Waals surface area contributed by atoms with Crippen LogP contribution in [-0.4, -0.2) is 27.4 Å². The summed E-state index contributed by atoms with van der Waals surface area (Å²) < 4.78 is 7.65. The maximum absolute atomic E-state index is 5.72. The summed E-state index contributed by atoms with van der Waals surface area (Å²) >= 11 is 0. The van der Waals surface area contributed by atoms with E-state index < -0.39 is 0 Å². The molecule has 1 N–H and O–H groups in total. The molecule has 19 heavy (non-hydrogen) atoms. The van der Waals surface area contributed by atoms with Gasteiger partial charge in [0.1, 0.15) is 17.9 Å². The summed E-state index contributed by atoms with van der Waals surface area (Å²) in [5, 5.41) is 11.5. The van der Waals surface area contributed by atoms with Gasteiger partial charge in [-0.05, 0) is 13.0 Å². The van der Waals surface area contributed by atoms with Gasteiger partial charge in [0.05, 0.1) is 13.2 Å². The molecule has 5 heteroatoms. The van der Waals surface area contributed by atoms with Crippen LogP contribution in [0.3, 0.4) is 0 Å². The van der Waals surface area contributed by atoms with E-state index in [1.165, 1.54) is 5.56 Å². The molecule has 0 fully saturated rings. The van der Waals surface area contributed by atoms with Gasteiger partial charge in [-0.3, -0.25) is 0 Å². The lowest BCUT2D eigenvalue weighted by Gasteiger charge is -2.19. The van der Waals surface area contributed by atoms with Crippen LogP contribution in [0.15, 0.2) is 30.6 Å². The molecule has 5 nitrogen and oxygen atoms in total. The Bertz CT molecular complexity index is 566. The van der Waals surface area contributed by atoms with Crippen molar-refractivity contribution in [2.24, 2.45) is 7.05 Å². The van der Waals surface area contributed by atoms with Crippen LogP contribution < -0.4 is 10.1 Å². The van der Waals surface area contributed by atoms with Crippen LogP contribution in [0.25, 0.3) is 0 Å². The predicted octanol–water partition coefficient (Wildman–Crippen LogP) is 1.47. The zero-order valence-corrected chi connectivity index (χ0v) is 11.2. The molecule has 3 rings (SSSR count). The Morgan fingerprint density at radius 2 is 2.32 bits per heavy atom. The molecule has 0 amide bonds. The fraction of sp³-hybridized carbons (Fsp3) is 0.429. The summed E-state index contributed by atoms with van der Waals surface area (Å²) in [4.78, 5) is 0. The Balaban J connectivity index is 1.66. The topological polar surface area (TPSA) is 52.0 Å². The molecule has 100 valence electrons. The number of hydrogen-bond donors (Lipinski definition) is 1. The average molecular weight is 258 g/mol. The van der Waals surface area contributed by atoms with E-state index in [1.54, 1.807) is 6.33 Å². The maximum atomic E-state index is 5.72. The van der Waals surface area contributed by atoms with Crippen LogP contribution in [0.5, 0.6) is 5.75 Å². The first-order valence-corrected chi connectivity index (χ1v) is 6.53. The van der Waals surface area contributed by atoms with Gasteiger partial charge >= 0.3 is 0 Å². The van der Waals surface area contributed by atoms with Crippen molar-refractivity contribution in [1.29, 1.82) is 0 Å². The Morgan fingerprint density at radius 3 is 3.11 bits per heavy atom. The second-order valence-electron chi connectivity index (χ2n) is 4.98. The Labute approximate surface area is 112 Å². The quantitative estimate of drug-likeness (QED) is 0.902. The third-order valence-corrected chi connectivity index (χ3v) is 3.73. The first-order valence-electron chi connectivity index (χ1n) is 6.53. The number of rotatable bonds is 4. The number of fused-ring (bicyclic) bond motifs is 1. The van der Waals surface area contributed by atoms with Crippen LogP contribution in [0, 0.1) is 0 Å². The van der Waals surface area contributed by atoms with Gasteiger partial charge in [0, 0.05) is 24.6 Å². The van der Waals surface area contributed by atoms with Crippen molar-refractivity contribution in [3.63, 3.8) is 0 Å². The van der Waals surface area contributed by atoms with Gasteiger partial charge in [-0.2, -0.15) is 0 Å². The molecular formula is C14H18N4O. The largest absolute Gasteiger partial charge is 0.493 e. The molecule has 0 saturated carbocycles. The number of aryl methyl sites for hydroxylation is 1. The minimum absolute atomic E-state index is 0.334. The molecule has 2 atom stereocenters. The van der Waals surface area contributed by atoms with Crippen LogP contribution in [0.4, 0.5) is 0 Å². The highest BCUT2D eigenvalue weighted by molar-refractivity contribution is 5.40. The molecule has 2 unspecified atom stereocenters. The summed E-state index contributed by atoms with van der Waals surface area (Å²) in [6, 6.07) is 8.59. The second-order valence-corrected chi connectivity index (χ2v) is 4.98. The van der Waals surface area contributed by atoms with Crippen molar-refractivity contribution in [2.45, 2.75) is 25.4 Å². The summed E-state index contributed by atoms with van der Waals surface area (Å²) in [5.41, 5.74) is 1.29. The normalized spacial score (nSPS) is 18.9. The van der Waals surface area contributed by atoms with E-state index in [4.69, 9.17) is 4.74 Å². The SMILES string of the molecule is CC(NCc1nncn1C)C1COc2ccccc21. The van der Waals surface area contributed by atoms with Gasteiger partial charge in [-0.1, -0.05) is 18.2 Å². The molecule has 1 aliphatic rings. The number of nitrogens with one attached hydrogen (secondary N) is 1. The van der Waals surface area contributed by atoms with Gasteiger partial charge in [0.15, 0.2) is 0 Å². The Kier molecular flexibility index (Phi) is 3.21. The number of hydrogen-bond acceptors (Lipinski definition) is 4. The monoisotopic (exact) mass is 258 g/mol. The first-order chi connectivity index (χ1) is 9.25. The van der Waals surface area contributed by atoms with Gasteiger partial charge in [0.25, 0.3) is 0 Å². The molecule has 2 aromatic rings. The van der Waals surface area contributed by atoms with E-state index >= 15 is 0 Å². The van der Waals surface area contributed by atoms with E-state index in [2.05, 4.69) is 34.6 Å². The van der Waals surface area contributed by atoms with Crippen molar-refractivity contribution in [3.05, 3.63) is 42.0 Å². The fourth-order valence-corrected chi connectivity index (χ4v) is 2.46. The van der Waals surface area contributed by atoms with Crippen LogP contribution in [-0.2, 0) is 13.6 Å². The van der Waals surface area contributed by atoms with E-state index in [0.29, 0.717) is 12.0 Å². The summed E-state index contributed by atoms with van der Waals surface area (Å²) in [6.07, 6.45) is 1.72. The number of nitrogens with zero attached hydrogens (tertiary/aromatic N) is 3. The minimum Gasteiger partial charge on any atom is -0.493 e. The highest BCUT2D eigenvalue weighted by atomic mass is 16.5. The fourth-order valence-electron chi connectivity index (χ4n) is 2.46. The first kappa shape index (κ1) is 12.2. The van der Waals surface area contributed by atoms with Gasteiger partial charge in [-0.15, -0.1) is 10.2 Å². The molecule has 1 aliphatic heterocycles. The predicted molar refractivity (Wildman–Crippen MR) is 72.0 cm³/mol. The number of para-hydroxylation sites is 1. The lowest BCUT2D eigenvalue weighted by atomic mass is 9.94. The Hall–Kier alpha value is -1.88. The molecule has 0 saturated heterocycles. The summed E-state index contributed by atoms with van der Waals surface area (Å²) in [7, 11) is 1.95. The van der Waals surface area contributed by atoms with Crippen molar-refractivity contribution < 1.29 is 4.74 Å². The smallest absolute Gasteiger partial charge is 0.146 e. The van der Waals surface area contributed by atoms with E-state index in [0.717, 1.165) is 24.7 Å². The lowest BCUT2D eigenvalue weighted by Crippen LogP contribution is -2.33. The molecule has 1 aromatic carbocycles. The molecule has 0 bridgehead atoms. The zero-order chi connectivity index (χ0) is 13.2. The van der Waals surface area contributed by atoms with E-state index in [-0.39, 0.29) is 0 Å². The molecule has 0 radical (unpaired) electrons.